The average Bonchev–Trinajstić information content (AvgIpc) is 3.42. The lowest BCUT2D eigenvalue weighted by Crippen LogP contribution is -2.36. The van der Waals surface area contributed by atoms with Crippen LogP contribution in [0.4, 0.5) is 0 Å². The number of benzene rings is 1. The predicted octanol–water partition coefficient (Wildman–Crippen LogP) is 2.60. The van der Waals surface area contributed by atoms with E-state index in [9.17, 15) is 9.59 Å². The topological polar surface area (TPSA) is 74.9 Å². The molecule has 5 nitrogen and oxygen atoms in total. The van der Waals surface area contributed by atoms with E-state index in [0.29, 0.717) is 11.5 Å². The van der Waals surface area contributed by atoms with Crippen LogP contribution in [0.5, 0.6) is 0 Å². The second-order valence-corrected chi connectivity index (χ2v) is 6.71. The number of hydrogen-bond donors (Lipinski definition) is 1. The molecule has 1 fully saturated rings. The third-order valence-corrected chi connectivity index (χ3v) is 4.65. The first kappa shape index (κ1) is 17.0. The summed E-state index contributed by atoms with van der Waals surface area (Å²) in [6.07, 6.45) is 3.76. The van der Waals surface area contributed by atoms with Crippen LogP contribution in [-0.4, -0.2) is 10.5 Å². The van der Waals surface area contributed by atoms with Gasteiger partial charge in [0.1, 0.15) is 18.2 Å². The Bertz CT molecular complexity index is 887. The molecule has 0 radical (unpaired) electrons. The fourth-order valence-corrected chi connectivity index (χ4v) is 2.98. The lowest BCUT2D eigenvalue weighted by molar-refractivity contribution is -0.122. The van der Waals surface area contributed by atoms with Crippen molar-refractivity contribution in [3.05, 3.63) is 69.1 Å². The van der Waals surface area contributed by atoms with Gasteiger partial charge in [-0.3, -0.25) is 9.59 Å². The minimum absolute atomic E-state index is 0.0234. The van der Waals surface area contributed by atoms with E-state index in [4.69, 9.17) is 5.26 Å². The summed E-state index contributed by atoms with van der Waals surface area (Å²) in [5.74, 6) is 0.239. The number of rotatable bonds is 5. The standard InChI is InChI=1S/C20H21N3O2/c1-13-3-5-15(6-4-13)19(16-7-8-16)22-18(24)12-23-10-9-14(2)17(11-21)20(23)25/h3-6,9-10,16,19H,7-8,12H2,1-2H3,(H,22,24)/t19-/m1/s1. The van der Waals surface area contributed by atoms with Gasteiger partial charge in [-0.15, -0.1) is 0 Å². The first-order valence-electron chi connectivity index (χ1n) is 8.45. The lowest BCUT2D eigenvalue weighted by Gasteiger charge is -2.19. The van der Waals surface area contributed by atoms with Crippen molar-refractivity contribution in [2.24, 2.45) is 5.92 Å². The first-order chi connectivity index (χ1) is 12.0. The average molecular weight is 335 g/mol. The van der Waals surface area contributed by atoms with Crippen molar-refractivity contribution in [1.29, 1.82) is 5.26 Å². The molecule has 5 heteroatoms. The van der Waals surface area contributed by atoms with Crippen LogP contribution in [0.15, 0.2) is 41.3 Å². The Morgan fingerprint density at radius 3 is 2.56 bits per heavy atom. The van der Waals surface area contributed by atoms with Gasteiger partial charge >= 0.3 is 0 Å². The molecular formula is C20H21N3O2. The van der Waals surface area contributed by atoms with Crippen LogP contribution < -0.4 is 10.9 Å². The maximum Gasteiger partial charge on any atom is 0.269 e. The van der Waals surface area contributed by atoms with Crippen molar-refractivity contribution in [3.63, 3.8) is 0 Å². The van der Waals surface area contributed by atoms with E-state index in [0.717, 1.165) is 18.4 Å². The summed E-state index contributed by atoms with van der Waals surface area (Å²) in [6, 6.07) is 11.8. The number of hydrogen-bond acceptors (Lipinski definition) is 3. The van der Waals surface area contributed by atoms with E-state index in [2.05, 4.69) is 5.32 Å². The molecule has 128 valence electrons. The molecule has 0 bridgehead atoms. The van der Waals surface area contributed by atoms with Gasteiger partial charge in [0.05, 0.1) is 6.04 Å². The van der Waals surface area contributed by atoms with Gasteiger partial charge in [-0.2, -0.15) is 5.26 Å². The number of carbonyl (C=O) groups is 1. The smallest absolute Gasteiger partial charge is 0.269 e. The lowest BCUT2D eigenvalue weighted by atomic mass is 10.0. The minimum Gasteiger partial charge on any atom is -0.347 e. The molecule has 25 heavy (non-hydrogen) atoms. The van der Waals surface area contributed by atoms with Crippen molar-refractivity contribution in [2.75, 3.05) is 0 Å². The number of aromatic nitrogens is 1. The van der Waals surface area contributed by atoms with Crippen LogP contribution in [0, 0.1) is 31.1 Å². The first-order valence-corrected chi connectivity index (χ1v) is 8.45. The number of amides is 1. The third kappa shape index (κ3) is 3.80. The van der Waals surface area contributed by atoms with Gasteiger partial charge in [0, 0.05) is 6.20 Å². The zero-order chi connectivity index (χ0) is 18.0. The summed E-state index contributed by atoms with van der Waals surface area (Å²) in [5, 5.41) is 12.2. The molecule has 1 aromatic carbocycles. The van der Waals surface area contributed by atoms with Crippen molar-refractivity contribution < 1.29 is 4.79 Å². The predicted molar refractivity (Wildman–Crippen MR) is 94.9 cm³/mol. The molecule has 0 saturated heterocycles. The summed E-state index contributed by atoms with van der Waals surface area (Å²) in [6.45, 7) is 3.67. The summed E-state index contributed by atoms with van der Waals surface area (Å²) in [5.41, 5.74) is 2.57. The molecule has 0 spiro atoms. The molecule has 1 heterocycles. The van der Waals surface area contributed by atoms with Gasteiger partial charge in [-0.05, 0) is 49.8 Å². The van der Waals surface area contributed by atoms with Crippen LogP contribution in [0.3, 0.4) is 0 Å². The zero-order valence-electron chi connectivity index (χ0n) is 14.5. The van der Waals surface area contributed by atoms with Crippen LogP contribution >= 0.6 is 0 Å². The molecule has 1 aliphatic rings. The Hall–Kier alpha value is -2.87. The number of aryl methyl sites for hydroxylation is 2. The highest BCUT2D eigenvalue weighted by molar-refractivity contribution is 5.76. The van der Waals surface area contributed by atoms with E-state index >= 15 is 0 Å². The molecule has 3 rings (SSSR count). The molecule has 1 aliphatic carbocycles. The molecule has 1 amide bonds. The molecule has 1 aromatic heterocycles. The second-order valence-electron chi connectivity index (χ2n) is 6.71. The van der Waals surface area contributed by atoms with Gasteiger partial charge in [0.15, 0.2) is 0 Å². The van der Waals surface area contributed by atoms with Crippen LogP contribution in [0.2, 0.25) is 0 Å². The Balaban J connectivity index is 1.76. The largest absolute Gasteiger partial charge is 0.347 e. The highest BCUT2D eigenvalue weighted by atomic mass is 16.2. The Kier molecular flexibility index (Phi) is 4.71. The van der Waals surface area contributed by atoms with Crippen molar-refractivity contribution in [3.8, 4) is 6.07 Å². The van der Waals surface area contributed by atoms with E-state index in [1.165, 1.54) is 10.1 Å². The summed E-state index contributed by atoms with van der Waals surface area (Å²) >= 11 is 0. The molecule has 1 atom stereocenters. The van der Waals surface area contributed by atoms with E-state index in [1.54, 1.807) is 19.2 Å². The van der Waals surface area contributed by atoms with Gasteiger partial charge in [-0.25, -0.2) is 0 Å². The Morgan fingerprint density at radius 2 is 1.96 bits per heavy atom. The summed E-state index contributed by atoms with van der Waals surface area (Å²) in [4.78, 5) is 24.7. The summed E-state index contributed by atoms with van der Waals surface area (Å²) < 4.78 is 1.29. The molecule has 0 aliphatic heterocycles. The summed E-state index contributed by atoms with van der Waals surface area (Å²) in [7, 11) is 0. The maximum atomic E-state index is 12.5. The number of nitrogens with one attached hydrogen (secondary N) is 1. The number of nitrogens with zero attached hydrogens (tertiary/aromatic N) is 2. The highest BCUT2D eigenvalue weighted by Gasteiger charge is 2.33. The SMILES string of the molecule is Cc1ccc([C@@H](NC(=O)Cn2ccc(C)c(C#N)c2=O)C2CC2)cc1. The van der Waals surface area contributed by atoms with Gasteiger partial charge in [-0.1, -0.05) is 29.8 Å². The van der Waals surface area contributed by atoms with Gasteiger partial charge < -0.3 is 9.88 Å². The quantitative estimate of drug-likeness (QED) is 0.912. The maximum absolute atomic E-state index is 12.5. The third-order valence-electron chi connectivity index (χ3n) is 4.65. The molecular weight excluding hydrogens is 314 g/mol. The van der Waals surface area contributed by atoms with Gasteiger partial charge in [0.25, 0.3) is 5.56 Å². The molecule has 0 unspecified atom stereocenters. The number of carbonyl (C=O) groups excluding carboxylic acids is 1. The number of nitriles is 1. The fourth-order valence-electron chi connectivity index (χ4n) is 2.98. The van der Waals surface area contributed by atoms with E-state index in [-0.39, 0.29) is 24.1 Å². The van der Waals surface area contributed by atoms with Crippen molar-refractivity contribution >= 4 is 5.91 Å². The number of pyridine rings is 1. The van der Waals surface area contributed by atoms with E-state index < -0.39 is 5.56 Å². The molecule has 1 N–H and O–H groups in total. The fraction of sp³-hybridized carbons (Fsp3) is 0.350. The van der Waals surface area contributed by atoms with Crippen LogP contribution in [0.1, 0.15) is 41.1 Å². The zero-order valence-corrected chi connectivity index (χ0v) is 14.5. The normalized spacial score (nSPS) is 14.6. The Morgan fingerprint density at radius 1 is 1.28 bits per heavy atom. The highest BCUT2D eigenvalue weighted by Crippen LogP contribution is 2.41. The van der Waals surface area contributed by atoms with E-state index in [1.807, 2.05) is 37.3 Å². The van der Waals surface area contributed by atoms with Gasteiger partial charge in [0.2, 0.25) is 5.91 Å². The second kappa shape index (κ2) is 6.94. The van der Waals surface area contributed by atoms with Crippen LogP contribution in [-0.2, 0) is 11.3 Å². The molecule has 1 saturated carbocycles. The monoisotopic (exact) mass is 335 g/mol. The van der Waals surface area contributed by atoms with Crippen molar-refractivity contribution in [2.45, 2.75) is 39.3 Å². The van der Waals surface area contributed by atoms with Crippen LogP contribution in [0.25, 0.3) is 0 Å². The van der Waals surface area contributed by atoms with Crippen molar-refractivity contribution in [1.82, 2.24) is 9.88 Å². The minimum atomic E-state index is -0.420. The Labute approximate surface area is 146 Å². The molecule has 2 aromatic rings.